The molecule has 1 fully saturated rings. The van der Waals surface area contributed by atoms with Crippen LogP contribution in [0.25, 0.3) is 0 Å². The molecule has 0 bridgehead atoms. The first kappa shape index (κ1) is 17.7. The summed E-state index contributed by atoms with van der Waals surface area (Å²) in [6, 6.07) is 10.5. The van der Waals surface area contributed by atoms with Crippen LogP contribution in [0.5, 0.6) is 0 Å². The predicted octanol–water partition coefficient (Wildman–Crippen LogP) is 2.02. The molecule has 3 rings (SSSR count). The second kappa shape index (κ2) is 7.86. The molecule has 7 nitrogen and oxygen atoms in total. The van der Waals surface area contributed by atoms with Gasteiger partial charge in [0.15, 0.2) is 5.76 Å². The molecule has 2 aromatic rings. The highest BCUT2D eigenvalue weighted by molar-refractivity contribution is 5.94. The molecule has 0 unspecified atom stereocenters. The number of hydrogen-bond donors (Lipinski definition) is 2. The summed E-state index contributed by atoms with van der Waals surface area (Å²) in [6.45, 7) is 0.285. The maximum Gasteiger partial charge on any atom is 0.289 e. The molecule has 1 saturated carbocycles. The molecule has 7 heteroatoms. The highest BCUT2D eigenvalue weighted by Gasteiger charge is 2.29. The molecule has 1 aliphatic rings. The lowest BCUT2D eigenvalue weighted by Crippen LogP contribution is -2.38. The van der Waals surface area contributed by atoms with E-state index in [0.717, 1.165) is 24.1 Å². The fourth-order valence-corrected chi connectivity index (χ4v) is 2.43. The van der Waals surface area contributed by atoms with Gasteiger partial charge in [-0.25, -0.2) is 0 Å². The molecular weight excluding hydrogens is 334 g/mol. The third kappa shape index (κ3) is 4.72. The first-order chi connectivity index (χ1) is 12.5. The Morgan fingerprint density at radius 3 is 2.50 bits per heavy atom. The quantitative estimate of drug-likeness (QED) is 0.795. The number of carbonyl (C=O) groups is 3. The molecular formula is C19H21N3O4. The normalized spacial score (nSPS) is 13.1. The molecule has 1 aromatic carbocycles. The van der Waals surface area contributed by atoms with Crippen LogP contribution in [0.3, 0.4) is 0 Å². The van der Waals surface area contributed by atoms with Crippen molar-refractivity contribution in [1.82, 2.24) is 10.2 Å². The smallest absolute Gasteiger partial charge is 0.289 e. The number of hydrogen-bond acceptors (Lipinski definition) is 4. The molecule has 1 heterocycles. The van der Waals surface area contributed by atoms with Crippen LogP contribution in [-0.4, -0.2) is 36.2 Å². The van der Waals surface area contributed by atoms with Gasteiger partial charge in [0.1, 0.15) is 0 Å². The van der Waals surface area contributed by atoms with E-state index in [1.54, 1.807) is 19.2 Å². The average Bonchev–Trinajstić information content (AvgIpc) is 3.35. The zero-order chi connectivity index (χ0) is 18.5. The van der Waals surface area contributed by atoms with E-state index in [2.05, 4.69) is 10.6 Å². The van der Waals surface area contributed by atoms with Gasteiger partial charge in [-0.2, -0.15) is 0 Å². The Balaban J connectivity index is 1.43. The van der Waals surface area contributed by atoms with Gasteiger partial charge < -0.3 is 20.0 Å². The summed E-state index contributed by atoms with van der Waals surface area (Å²) in [5.74, 6) is -0.186. The number of rotatable bonds is 7. The summed E-state index contributed by atoms with van der Waals surface area (Å²) < 4.78 is 5.03. The van der Waals surface area contributed by atoms with Crippen LogP contribution in [0.1, 0.15) is 29.0 Å². The Morgan fingerprint density at radius 2 is 1.88 bits per heavy atom. The van der Waals surface area contributed by atoms with Gasteiger partial charge in [0.05, 0.1) is 12.8 Å². The van der Waals surface area contributed by atoms with E-state index < -0.39 is 0 Å². The minimum absolute atomic E-state index is 0.0605. The van der Waals surface area contributed by atoms with Gasteiger partial charge >= 0.3 is 0 Å². The number of carbonyl (C=O) groups excluding carboxylic acids is 3. The van der Waals surface area contributed by atoms with E-state index >= 15 is 0 Å². The van der Waals surface area contributed by atoms with Crippen molar-refractivity contribution in [3.63, 3.8) is 0 Å². The van der Waals surface area contributed by atoms with Gasteiger partial charge in [-0.15, -0.1) is 0 Å². The lowest BCUT2D eigenvalue weighted by atomic mass is 10.2. The lowest BCUT2D eigenvalue weighted by molar-refractivity contribution is -0.121. The van der Waals surface area contributed by atoms with Gasteiger partial charge in [0, 0.05) is 25.2 Å². The molecule has 0 saturated heterocycles. The number of anilines is 1. The zero-order valence-electron chi connectivity index (χ0n) is 14.5. The maximum absolute atomic E-state index is 12.0. The maximum atomic E-state index is 12.0. The summed E-state index contributed by atoms with van der Waals surface area (Å²) >= 11 is 0. The zero-order valence-corrected chi connectivity index (χ0v) is 14.5. The first-order valence-electron chi connectivity index (χ1n) is 8.48. The van der Waals surface area contributed by atoms with Crippen LogP contribution in [0.15, 0.2) is 47.1 Å². The van der Waals surface area contributed by atoms with Crippen molar-refractivity contribution in [2.24, 2.45) is 5.92 Å². The SMILES string of the molecule is CN(CC(=O)NCc1ccc(NC(=O)C2CC2)cc1)C(=O)c1ccco1. The molecule has 136 valence electrons. The lowest BCUT2D eigenvalue weighted by Gasteiger charge is -2.15. The number of nitrogens with one attached hydrogen (secondary N) is 2. The van der Waals surface area contributed by atoms with Gasteiger partial charge in [0.2, 0.25) is 11.8 Å². The monoisotopic (exact) mass is 355 g/mol. The van der Waals surface area contributed by atoms with Crippen LogP contribution < -0.4 is 10.6 Å². The highest BCUT2D eigenvalue weighted by Crippen LogP contribution is 2.30. The number of furan rings is 1. The molecule has 0 spiro atoms. The Kier molecular flexibility index (Phi) is 5.36. The van der Waals surface area contributed by atoms with Crippen molar-refractivity contribution in [3.05, 3.63) is 54.0 Å². The van der Waals surface area contributed by atoms with Gasteiger partial charge in [0.25, 0.3) is 5.91 Å². The van der Waals surface area contributed by atoms with Crippen LogP contribution >= 0.6 is 0 Å². The molecule has 2 N–H and O–H groups in total. The van der Waals surface area contributed by atoms with E-state index in [-0.39, 0.29) is 35.9 Å². The van der Waals surface area contributed by atoms with Crippen LogP contribution in [-0.2, 0) is 16.1 Å². The van der Waals surface area contributed by atoms with E-state index in [9.17, 15) is 14.4 Å². The van der Waals surface area contributed by atoms with Crippen LogP contribution in [0.2, 0.25) is 0 Å². The second-order valence-electron chi connectivity index (χ2n) is 6.38. The molecule has 1 aliphatic carbocycles. The molecule has 3 amide bonds. The number of amides is 3. The Hall–Kier alpha value is -3.09. The summed E-state index contributed by atoms with van der Waals surface area (Å²) in [4.78, 5) is 37.0. The Bertz CT molecular complexity index is 780. The van der Waals surface area contributed by atoms with E-state index in [0.29, 0.717) is 6.54 Å². The topological polar surface area (TPSA) is 91.7 Å². The summed E-state index contributed by atoms with van der Waals surface area (Å²) in [7, 11) is 1.54. The molecule has 0 radical (unpaired) electrons. The van der Waals surface area contributed by atoms with Crippen LogP contribution in [0, 0.1) is 5.92 Å². The highest BCUT2D eigenvalue weighted by atomic mass is 16.3. The standard InChI is InChI=1S/C19H21N3O4/c1-22(19(25)16-3-2-10-26-16)12-17(23)20-11-13-4-8-15(9-5-13)21-18(24)14-6-7-14/h2-5,8-10,14H,6-7,11-12H2,1H3,(H,20,23)(H,21,24). The minimum atomic E-state index is -0.346. The van der Waals surface area contributed by atoms with Crippen LogP contribution in [0.4, 0.5) is 5.69 Å². The van der Waals surface area contributed by atoms with Gasteiger partial charge in [-0.1, -0.05) is 12.1 Å². The summed E-state index contributed by atoms with van der Waals surface area (Å²) in [5, 5.41) is 5.64. The van der Waals surface area contributed by atoms with Crippen molar-refractivity contribution < 1.29 is 18.8 Å². The molecule has 1 aromatic heterocycles. The Morgan fingerprint density at radius 1 is 1.15 bits per heavy atom. The average molecular weight is 355 g/mol. The molecule has 26 heavy (non-hydrogen) atoms. The first-order valence-corrected chi connectivity index (χ1v) is 8.48. The number of benzene rings is 1. The largest absolute Gasteiger partial charge is 0.459 e. The third-order valence-electron chi connectivity index (χ3n) is 4.12. The van der Waals surface area contributed by atoms with Gasteiger partial charge in [-0.3, -0.25) is 14.4 Å². The van der Waals surface area contributed by atoms with E-state index in [1.807, 2.05) is 24.3 Å². The molecule has 0 aliphatic heterocycles. The Labute approximate surface area is 151 Å². The van der Waals surface area contributed by atoms with E-state index in [1.165, 1.54) is 11.2 Å². The van der Waals surface area contributed by atoms with Gasteiger partial charge in [-0.05, 0) is 42.7 Å². The van der Waals surface area contributed by atoms with E-state index in [4.69, 9.17) is 4.42 Å². The fraction of sp³-hybridized carbons (Fsp3) is 0.316. The third-order valence-corrected chi connectivity index (χ3v) is 4.12. The summed E-state index contributed by atoms with van der Waals surface area (Å²) in [6.07, 6.45) is 3.34. The number of likely N-dealkylation sites (N-methyl/N-ethyl adjacent to an activating group) is 1. The predicted molar refractivity (Wildman–Crippen MR) is 95.3 cm³/mol. The second-order valence-corrected chi connectivity index (χ2v) is 6.38. The van der Waals surface area contributed by atoms with Crippen molar-refractivity contribution >= 4 is 23.4 Å². The fourth-order valence-electron chi connectivity index (χ4n) is 2.43. The van der Waals surface area contributed by atoms with Crippen molar-refractivity contribution in [2.75, 3.05) is 18.9 Å². The van der Waals surface area contributed by atoms with Crippen molar-refractivity contribution in [2.45, 2.75) is 19.4 Å². The van der Waals surface area contributed by atoms with Crippen molar-refractivity contribution in [1.29, 1.82) is 0 Å². The summed E-state index contributed by atoms with van der Waals surface area (Å²) in [5.41, 5.74) is 1.66. The molecule has 0 atom stereocenters. The van der Waals surface area contributed by atoms with Crippen molar-refractivity contribution in [3.8, 4) is 0 Å². The minimum Gasteiger partial charge on any atom is -0.459 e. The number of nitrogens with zero attached hydrogens (tertiary/aromatic N) is 1.